The fraction of sp³-hybridized carbons (Fsp3) is 0.333. The summed E-state index contributed by atoms with van der Waals surface area (Å²) in [5.74, 6) is 0.826. The zero-order valence-electron chi connectivity index (χ0n) is 7.58. The van der Waals surface area contributed by atoms with Crippen LogP contribution < -0.4 is 11.1 Å². The monoisotopic (exact) mass is 195 g/mol. The van der Waals surface area contributed by atoms with Gasteiger partial charge in [0.2, 0.25) is 0 Å². The first kappa shape index (κ1) is 9.92. The highest BCUT2D eigenvalue weighted by atomic mass is 32.1. The van der Waals surface area contributed by atoms with Crippen LogP contribution >= 0.6 is 12.2 Å². The van der Waals surface area contributed by atoms with Crippen molar-refractivity contribution in [3.63, 3.8) is 0 Å². The smallest absolute Gasteiger partial charge is 0.126 e. The van der Waals surface area contributed by atoms with Crippen LogP contribution in [0.3, 0.4) is 0 Å². The van der Waals surface area contributed by atoms with Gasteiger partial charge in [-0.15, -0.1) is 0 Å². The maximum atomic E-state index is 5.45. The number of nitrogens with zero attached hydrogens (tertiary/aromatic N) is 1. The summed E-state index contributed by atoms with van der Waals surface area (Å²) in [7, 11) is 0. The molecule has 13 heavy (non-hydrogen) atoms. The lowest BCUT2D eigenvalue weighted by molar-refractivity contribution is 0.968. The van der Waals surface area contributed by atoms with Gasteiger partial charge in [0.05, 0.1) is 5.69 Å². The van der Waals surface area contributed by atoms with Crippen molar-refractivity contribution in [3.8, 4) is 0 Å². The van der Waals surface area contributed by atoms with Gasteiger partial charge in [0.1, 0.15) is 10.8 Å². The minimum atomic E-state index is 0.333. The summed E-state index contributed by atoms with van der Waals surface area (Å²) in [6, 6.07) is 5.59. The van der Waals surface area contributed by atoms with Crippen LogP contribution in [0.15, 0.2) is 18.2 Å². The van der Waals surface area contributed by atoms with Gasteiger partial charge < -0.3 is 11.1 Å². The zero-order chi connectivity index (χ0) is 9.68. The van der Waals surface area contributed by atoms with Gasteiger partial charge in [0.25, 0.3) is 0 Å². The number of anilines is 1. The fourth-order valence-electron chi connectivity index (χ4n) is 0.923. The summed E-state index contributed by atoms with van der Waals surface area (Å²) >= 11 is 4.82. The number of nitrogens with one attached hydrogen (secondary N) is 1. The van der Waals surface area contributed by atoms with Crippen molar-refractivity contribution in [1.29, 1.82) is 0 Å². The fourth-order valence-corrected chi connectivity index (χ4v) is 1.04. The van der Waals surface area contributed by atoms with Crippen LogP contribution in [-0.4, -0.2) is 16.5 Å². The van der Waals surface area contributed by atoms with Crippen molar-refractivity contribution in [2.24, 2.45) is 5.73 Å². The highest BCUT2D eigenvalue weighted by molar-refractivity contribution is 7.80. The number of hydrogen-bond acceptors (Lipinski definition) is 3. The first-order valence-corrected chi connectivity index (χ1v) is 4.65. The van der Waals surface area contributed by atoms with Gasteiger partial charge >= 0.3 is 0 Å². The Hall–Kier alpha value is -1.16. The minimum Gasteiger partial charge on any atom is -0.388 e. The Morgan fingerprint density at radius 2 is 2.38 bits per heavy atom. The maximum Gasteiger partial charge on any atom is 0.126 e. The highest BCUT2D eigenvalue weighted by Crippen LogP contribution is 2.04. The van der Waals surface area contributed by atoms with Gasteiger partial charge in [-0.1, -0.05) is 25.2 Å². The van der Waals surface area contributed by atoms with Crippen LogP contribution in [0.5, 0.6) is 0 Å². The summed E-state index contributed by atoms with van der Waals surface area (Å²) in [5.41, 5.74) is 6.12. The van der Waals surface area contributed by atoms with E-state index in [1.807, 2.05) is 12.1 Å². The van der Waals surface area contributed by atoms with Gasteiger partial charge in [-0.3, -0.25) is 0 Å². The first-order valence-electron chi connectivity index (χ1n) is 4.24. The summed E-state index contributed by atoms with van der Waals surface area (Å²) < 4.78 is 0. The topological polar surface area (TPSA) is 50.9 Å². The van der Waals surface area contributed by atoms with Gasteiger partial charge in [-0.25, -0.2) is 4.98 Å². The number of rotatable bonds is 4. The summed E-state index contributed by atoms with van der Waals surface area (Å²) in [4.78, 5) is 4.57. The summed E-state index contributed by atoms with van der Waals surface area (Å²) in [6.07, 6.45) is 1.07. The lowest BCUT2D eigenvalue weighted by atomic mass is 10.3. The molecule has 0 spiro atoms. The second-order valence-corrected chi connectivity index (χ2v) is 3.14. The second kappa shape index (κ2) is 4.77. The Bertz CT molecular complexity index is 299. The van der Waals surface area contributed by atoms with E-state index in [1.165, 1.54) is 0 Å². The molecule has 0 radical (unpaired) electrons. The molecule has 0 aliphatic carbocycles. The van der Waals surface area contributed by atoms with E-state index < -0.39 is 0 Å². The Morgan fingerprint density at radius 3 is 3.00 bits per heavy atom. The van der Waals surface area contributed by atoms with Crippen LogP contribution in [0.1, 0.15) is 19.0 Å². The molecule has 1 heterocycles. The van der Waals surface area contributed by atoms with Crippen molar-refractivity contribution >= 4 is 23.0 Å². The molecule has 0 aliphatic rings. The third kappa shape index (κ3) is 2.99. The van der Waals surface area contributed by atoms with Gasteiger partial charge in [-0.05, 0) is 18.6 Å². The third-order valence-corrected chi connectivity index (χ3v) is 1.77. The molecule has 4 heteroatoms. The van der Waals surface area contributed by atoms with Crippen LogP contribution in [0.2, 0.25) is 0 Å². The number of aromatic nitrogens is 1. The Labute approximate surface area is 83.4 Å². The molecule has 3 N–H and O–H groups in total. The summed E-state index contributed by atoms with van der Waals surface area (Å²) in [6.45, 7) is 3.01. The molecule has 1 aromatic heterocycles. The van der Waals surface area contributed by atoms with E-state index in [9.17, 15) is 0 Å². The molecule has 0 bridgehead atoms. The molecule has 0 unspecified atom stereocenters. The normalized spacial score (nSPS) is 9.62. The predicted molar refractivity (Wildman–Crippen MR) is 58.9 cm³/mol. The average molecular weight is 195 g/mol. The first-order chi connectivity index (χ1) is 6.24. The van der Waals surface area contributed by atoms with E-state index >= 15 is 0 Å². The van der Waals surface area contributed by atoms with Crippen LogP contribution in [0, 0.1) is 0 Å². The SMILES string of the molecule is CCCNc1cccc(C(N)=S)n1. The molecular formula is C9H13N3S. The molecule has 0 fully saturated rings. The molecule has 0 atom stereocenters. The number of hydrogen-bond donors (Lipinski definition) is 2. The lowest BCUT2D eigenvalue weighted by Crippen LogP contribution is -2.12. The standard InChI is InChI=1S/C9H13N3S/c1-2-6-11-8-5-3-4-7(12-8)9(10)13/h3-5H,2,6H2,1H3,(H2,10,13)(H,11,12). The van der Waals surface area contributed by atoms with E-state index in [0.717, 1.165) is 18.8 Å². The third-order valence-electron chi connectivity index (χ3n) is 1.56. The van der Waals surface area contributed by atoms with E-state index in [-0.39, 0.29) is 0 Å². The molecule has 1 rings (SSSR count). The molecule has 0 aromatic carbocycles. The van der Waals surface area contributed by atoms with Gasteiger partial charge in [0, 0.05) is 6.54 Å². The molecule has 0 saturated carbocycles. The quantitative estimate of drug-likeness (QED) is 0.715. The number of nitrogens with two attached hydrogens (primary N) is 1. The van der Waals surface area contributed by atoms with Crippen molar-refractivity contribution in [3.05, 3.63) is 23.9 Å². The Kier molecular flexibility index (Phi) is 3.64. The maximum absolute atomic E-state index is 5.45. The van der Waals surface area contributed by atoms with Gasteiger partial charge in [0.15, 0.2) is 0 Å². The highest BCUT2D eigenvalue weighted by Gasteiger charge is 1.98. The largest absolute Gasteiger partial charge is 0.388 e. The molecule has 0 amide bonds. The minimum absolute atomic E-state index is 0.333. The summed E-state index contributed by atoms with van der Waals surface area (Å²) in [5, 5.41) is 3.16. The number of thiocarbonyl (C=S) groups is 1. The van der Waals surface area contributed by atoms with E-state index in [2.05, 4.69) is 17.2 Å². The van der Waals surface area contributed by atoms with Crippen molar-refractivity contribution in [1.82, 2.24) is 4.98 Å². The molecule has 1 aromatic rings. The van der Waals surface area contributed by atoms with Crippen LogP contribution in [0.25, 0.3) is 0 Å². The van der Waals surface area contributed by atoms with Crippen molar-refractivity contribution in [2.75, 3.05) is 11.9 Å². The van der Waals surface area contributed by atoms with Crippen molar-refractivity contribution < 1.29 is 0 Å². The number of pyridine rings is 1. The van der Waals surface area contributed by atoms with E-state index in [1.54, 1.807) is 6.07 Å². The molecule has 3 nitrogen and oxygen atoms in total. The molecular weight excluding hydrogens is 182 g/mol. The van der Waals surface area contributed by atoms with E-state index in [0.29, 0.717) is 10.7 Å². The Balaban J connectivity index is 2.73. The Morgan fingerprint density at radius 1 is 1.62 bits per heavy atom. The molecule has 0 saturated heterocycles. The lowest BCUT2D eigenvalue weighted by Gasteiger charge is -2.04. The molecule has 0 aliphatic heterocycles. The van der Waals surface area contributed by atoms with Gasteiger partial charge in [-0.2, -0.15) is 0 Å². The van der Waals surface area contributed by atoms with E-state index in [4.69, 9.17) is 18.0 Å². The predicted octanol–water partition coefficient (Wildman–Crippen LogP) is 1.54. The average Bonchev–Trinajstić information content (AvgIpc) is 2.15. The van der Waals surface area contributed by atoms with Crippen LogP contribution in [-0.2, 0) is 0 Å². The van der Waals surface area contributed by atoms with Crippen molar-refractivity contribution in [2.45, 2.75) is 13.3 Å². The second-order valence-electron chi connectivity index (χ2n) is 2.70. The van der Waals surface area contributed by atoms with Crippen LogP contribution in [0.4, 0.5) is 5.82 Å². The molecule has 70 valence electrons. The zero-order valence-corrected chi connectivity index (χ0v) is 8.40.